The number of amides is 1. The highest BCUT2D eigenvalue weighted by Gasteiger charge is 2.41. The molecule has 1 aromatic carbocycles. The smallest absolute Gasteiger partial charge is 0.220 e. The lowest BCUT2D eigenvalue weighted by atomic mass is 9.98. The van der Waals surface area contributed by atoms with Gasteiger partial charge in [0, 0.05) is 26.1 Å². The standard InChI is InChI=1S/C19H28N2O4S/c1-25-17-5-2-15(3-6-17)4-9-19(22)20-14-16-10-12-21(13-11-16)26(23,24)18-7-8-18/h2-3,5-6,16,18H,4,7-14H2,1H3,(H,20,22). The van der Waals surface area contributed by atoms with Crippen LogP contribution in [0, 0.1) is 5.92 Å². The van der Waals surface area contributed by atoms with Crippen LogP contribution in [0.15, 0.2) is 24.3 Å². The third-order valence-electron chi connectivity index (χ3n) is 5.27. The van der Waals surface area contributed by atoms with Crippen LogP contribution >= 0.6 is 0 Å². The largest absolute Gasteiger partial charge is 0.497 e. The van der Waals surface area contributed by atoms with Gasteiger partial charge in [-0.3, -0.25) is 4.79 Å². The second-order valence-electron chi connectivity index (χ2n) is 7.24. The predicted molar refractivity (Wildman–Crippen MR) is 101 cm³/mol. The van der Waals surface area contributed by atoms with Crippen LogP contribution in [0.2, 0.25) is 0 Å². The zero-order valence-corrected chi connectivity index (χ0v) is 16.1. The van der Waals surface area contributed by atoms with Gasteiger partial charge in [-0.05, 0) is 55.7 Å². The molecule has 26 heavy (non-hydrogen) atoms. The van der Waals surface area contributed by atoms with Gasteiger partial charge in [-0.1, -0.05) is 12.1 Å². The molecule has 0 radical (unpaired) electrons. The highest BCUT2D eigenvalue weighted by atomic mass is 32.2. The van der Waals surface area contributed by atoms with Gasteiger partial charge in [0.2, 0.25) is 15.9 Å². The normalized spacial score (nSPS) is 19.3. The van der Waals surface area contributed by atoms with E-state index < -0.39 is 10.0 Å². The van der Waals surface area contributed by atoms with Crippen LogP contribution < -0.4 is 10.1 Å². The molecule has 1 N–H and O–H groups in total. The number of nitrogens with one attached hydrogen (secondary N) is 1. The highest BCUT2D eigenvalue weighted by Crippen LogP contribution is 2.33. The number of benzene rings is 1. The van der Waals surface area contributed by atoms with Gasteiger partial charge in [0.15, 0.2) is 0 Å². The van der Waals surface area contributed by atoms with E-state index in [2.05, 4.69) is 5.32 Å². The van der Waals surface area contributed by atoms with Crippen LogP contribution in [0.3, 0.4) is 0 Å². The molecule has 1 saturated carbocycles. The van der Waals surface area contributed by atoms with Crippen molar-refractivity contribution >= 4 is 15.9 Å². The van der Waals surface area contributed by atoms with Crippen LogP contribution in [-0.4, -0.2) is 50.6 Å². The summed E-state index contributed by atoms with van der Waals surface area (Å²) < 4.78 is 31.2. The topological polar surface area (TPSA) is 75.7 Å². The molecule has 1 aliphatic carbocycles. The van der Waals surface area contributed by atoms with Crippen LogP contribution in [-0.2, 0) is 21.2 Å². The number of aryl methyl sites for hydroxylation is 1. The number of ether oxygens (including phenoxy) is 1. The predicted octanol–water partition coefficient (Wildman–Crippen LogP) is 1.95. The number of carbonyl (C=O) groups excluding carboxylic acids is 1. The fourth-order valence-electron chi connectivity index (χ4n) is 3.34. The summed E-state index contributed by atoms with van der Waals surface area (Å²) in [5, 5.41) is 2.87. The lowest BCUT2D eigenvalue weighted by Crippen LogP contribution is -2.42. The van der Waals surface area contributed by atoms with Crippen molar-refractivity contribution in [1.82, 2.24) is 9.62 Å². The van der Waals surface area contributed by atoms with E-state index in [0.29, 0.717) is 38.4 Å². The highest BCUT2D eigenvalue weighted by molar-refractivity contribution is 7.90. The first-order valence-corrected chi connectivity index (χ1v) is 10.9. The van der Waals surface area contributed by atoms with E-state index in [-0.39, 0.29) is 11.2 Å². The first-order chi connectivity index (χ1) is 12.5. The molecule has 0 unspecified atom stereocenters. The summed E-state index contributed by atoms with van der Waals surface area (Å²) in [5.74, 6) is 1.23. The molecule has 2 fully saturated rings. The van der Waals surface area contributed by atoms with Crippen molar-refractivity contribution in [2.24, 2.45) is 5.92 Å². The molecule has 1 saturated heterocycles. The molecule has 2 aliphatic rings. The molecule has 144 valence electrons. The van der Waals surface area contributed by atoms with E-state index in [4.69, 9.17) is 4.74 Å². The lowest BCUT2D eigenvalue weighted by molar-refractivity contribution is -0.121. The molecule has 0 bridgehead atoms. The Labute approximate surface area is 156 Å². The summed E-state index contributed by atoms with van der Waals surface area (Å²) in [4.78, 5) is 12.1. The van der Waals surface area contributed by atoms with Crippen LogP contribution in [0.5, 0.6) is 5.75 Å². The minimum atomic E-state index is -3.05. The number of rotatable bonds is 8. The molecule has 1 amide bonds. The van der Waals surface area contributed by atoms with Gasteiger partial charge >= 0.3 is 0 Å². The number of methoxy groups -OCH3 is 1. The van der Waals surface area contributed by atoms with Crippen LogP contribution in [0.1, 0.15) is 37.7 Å². The van der Waals surface area contributed by atoms with Crippen LogP contribution in [0.4, 0.5) is 0 Å². The van der Waals surface area contributed by atoms with Gasteiger partial charge in [-0.2, -0.15) is 0 Å². The molecular weight excluding hydrogens is 352 g/mol. The quantitative estimate of drug-likeness (QED) is 0.748. The molecule has 1 aromatic rings. The number of hydrogen-bond donors (Lipinski definition) is 1. The molecular formula is C19H28N2O4S. The molecule has 0 spiro atoms. The Bertz CT molecular complexity index is 706. The summed E-state index contributed by atoms with van der Waals surface area (Å²) in [7, 11) is -1.42. The van der Waals surface area contributed by atoms with Crippen LogP contribution in [0.25, 0.3) is 0 Å². The Morgan fingerprint density at radius 1 is 1.15 bits per heavy atom. The van der Waals surface area contributed by atoms with Gasteiger partial charge in [0.05, 0.1) is 12.4 Å². The van der Waals surface area contributed by atoms with E-state index >= 15 is 0 Å². The third kappa shape index (κ3) is 4.98. The molecule has 1 heterocycles. The summed E-state index contributed by atoms with van der Waals surface area (Å²) in [6.07, 6.45) is 4.43. The Morgan fingerprint density at radius 3 is 2.38 bits per heavy atom. The molecule has 1 aliphatic heterocycles. The minimum Gasteiger partial charge on any atom is -0.497 e. The zero-order chi connectivity index (χ0) is 18.6. The van der Waals surface area contributed by atoms with E-state index in [1.807, 2.05) is 24.3 Å². The minimum absolute atomic E-state index is 0.0499. The molecule has 7 heteroatoms. The van der Waals surface area contributed by atoms with Crippen molar-refractivity contribution in [3.63, 3.8) is 0 Å². The number of piperidine rings is 1. The third-order valence-corrected chi connectivity index (χ3v) is 7.67. The van der Waals surface area contributed by atoms with Crippen molar-refractivity contribution < 1.29 is 17.9 Å². The maximum absolute atomic E-state index is 12.2. The molecule has 6 nitrogen and oxygen atoms in total. The zero-order valence-electron chi connectivity index (χ0n) is 15.3. The summed E-state index contributed by atoms with van der Waals surface area (Å²) in [6, 6.07) is 7.75. The maximum atomic E-state index is 12.2. The van der Waals surface area contributed by atoms with E-state index in [0.717, 1.165) is 37.0 Å². The van der Waals surface area contributed by atoms with E-state index in [9.17, 15) is 13.2 Å². The number of hydrogen-bond acceptors (Lipinski definition) is 4. The Balaban J connectivity index is 1.34. The average Bonchev–Trinajstić information content (AvgIpc) is 3.51. The number of nitrogens with zero attached hydrogens (tertiary/aromatic N) is 1. The Hall–Kier alpha value is -1.60. The second-order valence-corrected chi connectivity index (χ2v) is 9.45. The first kappa shape index (κ1) is 19.2. The van der Waals surface area contributed by atoms with Gasteiger partial charge in [-0.15, -0.1) is 0 Å². The van der Waals surface area contributed by atoms with Gasteiger partial charge < -0.3 is 10.1 Å². The van der Waals surface area contributed by atoms with Crippen molar-refractivity contribution in [1.29, 1.82) is 0 Å². The molecule has 3 rings (SSSR count). The number of sulfonamides is 1. The molecule has 0 atom stereocenters. The summed E-state index contributed by atoms with van der Waals surface area (Å²) >= 11 is 0. The second kappa shape index (κ2) is 8.39. The summed E-state index contributed by atoms with van der Waals surface area (Å²) in [6.45, 7) is 1.81. The SMILES string of the molecule is COc1ccc(CCC(=O)NCC2CCN(S(=O)(=O)C3CC3)CC2)cc1. The maximum Gasteiger partial charge on any atom is 0.220 e. The Kier molecular flexibility index (Phi) is 6.19. The first-order valence-electron chi connectivity index (χ1n) is 9.37. The fraction of sp³-hybridized carbons (Fsp3) is 0.632. The monoisotopic (exact) mass is 380 g/mol. The van der Waals surface area contributed by atoms with E-state index in [1.165, 1.54) is 0 Å². The summed E-state index contributed by atoms with van der Waals surface area (Å²) in [5.41, 5.74) is 1.11. The lowest BCUT2D eigenvalue weighted by Gasteiger charge is -2.31. The Morgan fingerprint density at radius 2 is 1.81 bits per heavy atom. The van der Waals surface area contributed by atoms with Crippen molar-refractivity contribution in [3.05, 3.63) is 29.8 Å². The van der Waals surface area contributed by atoms with Crippen molar-refractivity contribution in [2.45, 2.75) is 43.8 Å². The van der Waals surface area contributed by atoms with Gasteiger partial charge in [0.1, 0.15) is 5.75 Å². The van der Waals surface area contributed by atoms with E-state index in [1.54, 1.807) is 11.4 Å². The average molecular weight is 381 g/mol. The van der Waals surface area contributed by atoms with Crippen molar-refractivity contribution in [2.75, 3.05) is 26.7 Å². The fourth-order valence-corrected chi connectivity index (χ4v) is 5.21. The van der Waals surface area contributed by atoms with Gasteiger partial charge in [0.25, 0.3) is 0 Å². The van der Waals surface area contributed by atoms with Crippen molar-refractivity contribution in [3.8, 4) is 5.75 Å². The number of carbonyl (C=O) groups is 1. The molecule has 0 aromatic heterocycles. The van der Waals surface area contributed by atoms with Gasteiger partial charge in [-0.25, -0.2) is 12.7 Å².